The smallest absolute Gasteiger partial charge is 0.268 e. The first-order valence-electron chi connectivity index (χ1n) is 9.37. The van der Waals surface area contributed by atoms with Crippen molar-refractivity contribution in [2.75, 3.05) is 14.1 Å². The van der Waals surface area contributed by atoms with E-state index in [0.29, 0.717) is 22.3 Å². The minimum atomic E-state index is -0.0685. The molecular weight excluding hydrogens is 380 g/mol. The number of rotatable bonds is 9. The predicted molar refractivity (Wildman–Crippen MR) is 111 cm³/mol. The van der Waals surface area contributed by atoms with Gasteiger partial charge in [-0.1, -0.05) is 32.0 Å². The van der Waals surface area contributed by atoms with E-state index in [2.05, 4.69) is 52.7 Å². The molecule has 3 rings (SSSR count). The molecule has 0 amide bonds. The van der Waals surface area contributed by atoms with E-state index in [4.69, 9.17) is 0 Å². The third-order valence-electron chi connectivity index (χ3n) is 4.60. The Labute approximate surface area is 167 Å². The van der Waals surface area contributed by atoms with Crippen LogP contribution in [0.1, 0.15) is 50.8 Å². The Hall–Kier alpha value is -1.71. The second-order valence-corrected chi connectivity index (χ2v) is 8.68. The third-order valence-corrected chi connectivity index (χ3v) is 6.48. The van der Waals surface area contributed by atoms with Gasteiger partial charge in [-0.3, -0.25) is 4.79 Å². The molecule has 0 saturated carbocycles. The van der Waals surface area contributed by atoms with Crippen LogP contribution in [0.15, 0.2) is 21.4 Å². The van der Waals surface area contributed by atoms with Crippen LogP contribution in [0.5, 0.6) is 0 Å². The summed E-state index contributed by atoms with van der Waals surface area (Å²) in [6.45, 7) is 5.29. The van der Waals surface area contributed by atoms with Gasteiger partial charge in [0.1, 0.15) is 16.6 Å². The quantitative estimate of drug-likeness (QED) is 0.532. The van der Waals surface area contributed by atoms with Crippen LogP contribution < -0.4 is 10.5 Å². The lowest BCUT2D eigenvalue weighted by molar-refractivity contribution is -0.893. The molecule has 2 N–H and O–H groups in total. The number of H-pyrrole nitrogens is 1. The monoisotopic (exact) mass is 407 g/mol. The Morgan fingerprint density at radius 3 is 2.85 bits per heavy atom. The maximum absolute atomic E-state index is 12.2. The molecule has 3 aromatic heterocycles. The zero-order valence-corrected chi connectivity index (χ0v) is 17.9. The van der Waals surface area contributed by atoms with Gasteiger partial charge in [-0.2, -0.15) is 0 Å². The molecule has 3 aromatic rings. The van der Waals surface area contributed by atoms with Crippen LogP contribution in [0, 0.1) is 0 Å². The van der Waals surface area contributed by atoms with Crippen LogP contribution in [-0.4, -0.2) is 38.8 Å². The second kappa shape index (κ2) is 8.99. The van der Waals surface area contributed by atoms with Crippen LogP contribution in [0.4, 0.5) is 0 Å². The predicted octanol–water partition coefficient (Wildman–Crippen LogP) is 2.26. The first kappa shape index (κ1) is 20.0. The van der Waals surface area contributed by atoms with Crippen molar-refractivity contribution in [3.63, 3.8) is 0 Å². The number of thiophene rings is 1. The average molecular weight is 408 g/mol. The van der Waals surface area contributed by atoms with Crippen LogP contribution >= 0.6 is 23.1 Å². The summed E-state index contributed by atoms with van der Waals surface area (Å²) in [6, 6.07) is 2.21. The van der Waals surface area contributed by atoms with Crippen molar-refractivity contribution >= 4 is 33.3 Å². The Balaban J connectivity index is 1.84. The molecule has 0 aliphatic rings. The van der Waals surface area contributed by atoms with E-state index < -0.39 is 0 Å². The molecule has 0 bridgehead atoms. The van der Waals surface area contributed by atoms with Gasteiger partial charge in [0.15, 0.2) is 11.0 Å². The first-order valence-corrected chi connectivity index (χ1v) is 11.2. The summed E-state index contributed by atoms with van der Waals surface area (Å²) in [4.78, 5) is 21.0. The van der Waals surface area contributed by atoms with Crippen LogP contribution in [-0.2, 0) is 12.3 Å². The number of hydrogen-bond donors (Lipinski definition) is 2. The van der Waals surface area contributed by atoms with E-state index in [1.54, 1.807) is 11.8 Å². The third kappa shape index (κ3) is 4.41. The van der Waals surface area contributed by atoms with Crippen molar-refractivity contribution in [3.05, 3.63) is 33.4 Å². The lowest BCUT2D eigenvalue weighted by atomic mass is 10.2. The van der Waals surface area contributed by atoms with Crippen molar-refractivity contribution in [1.82, 2.24) is 24.7 Å². The van der Waals surface area contributed by atoms with Gasteiger partial charge in [-0.15, -0.1) is 21.5 Å². The fraction of sp³-hybridized carbons (Fsp3) is 0.556. The van der Waals surface area contributed by atoms with Crippen molar-refractivity contribution in [1.29, 1.82) is 0 Å². The zero-order valence-electron chi connectivity index (χ0n) is 16.3. The molecule has 9 heteroatoms. The second-order valence-electron chi connectivity index (χ2n) is 6.82. The van der Waals surface area contributed by atoms with E-state index in [9.17, 15) is 4.79 Å². The summed E-state index contributed by atoms with van der Waals surface area (Å²) in [5.41, 5.74) is 0.690. The fourth-order valence-electron chi connectivity index (χ4n) is 3.16. The number of unbranched alkanes of at least 4 members (excludes halogenated alkanes) is 1. The maximum atomic E-state index is 12.2. The molecule has 0 aromatic carbocycles. The lowest BCUT2D eigenvalue weighted by Gasteiger charge is -2.20. The van der Waals surface area contributed by atoms with Gasteiger partial charge < -0.3 is 14.5 Å². The SMILES string of the molecule is CCCCn1c(SCc2nc3ccsc3c(=O)[nH]2)nnc1[C@@H](CC)[NH+](C)C. The van der Waals surface area contributed by atoms with Crippen LogP contribution in [0.2, 0.25) is 0 Å². The summed E-state index contributed by atoms with van der Waals surface area (Å²) in [5.74, 6) is 2.28. The van der Waals surface area contributed by atoms with Crippen molar-refractivity contribution in [3.8, 4) is 0 Å². The lowest BCUT2D eigenvalue weighted by Crippen LogP contribution is -3.06. The molecule has 0 fully saturated rings. The zero-order chi connectivity index (χ0) is 19.4. The number of quaternary nitrogens is 1. The summed E-state index contributed by atoms with van der Waals surface area (Å²) in [5, 5.41) is 11.8. The molecule has 27 heavy (non-hydrogen) atoms. The summed E-state index contributed by atoms with van der Waals surface area (Å²) in [6.07, 6.45) is 3.23. The molecule has 3 heterocycles. The van der Waals surface area contributed by atoms with Gasteiger partial charge in [0.25, 0.3) is 5.56 Å². The number of nitrogens with one attached hydrogen (secondary N) is 2. The van der Waals surface area contributed by atoms with E-state index >= 15 is 0 Å². The fourth-order valence-corrected chi connectivity index (χ4v) is 4.73. The normalized spacial score (nSPS) is 12.9. The minimum absolute atomic E-state index is 0.0685. The van der Waals surface area contributed by atoms with Crippen molar-refractivity contribution in [2.24, 2.45) is 0 Å². The molecule has 0 aliphatic carbocycles. The van der Waals surface area contributed by atoms with Crippen molar-refractivity contribution in [2.45, 2.75) is 56.6 Å². The number of aromatic nitrogens is 5. The average Bonchev–Trinajstić information content (AvgIpc) is 3.26. The highest BCUT2D eigenvalue weighted by Gasteiger charge is 2.24. The molecule has 0 unspecified atom stereocenters. The number of thioether (sulfide) groups is 1. The van der Waals surface area contributed by atoms with Crippen LogP contribution in [0.3, 0.4) is 0 Å². The van der Waals surface area contributed by atoms with E-state index in [0.717, 1.165) is 42.3 Å². The number of hydrogen-bond acceptors (Lipinski definition) is 6. The highest BCUT2D eigenvalue weighted by molar-refractivity contribution is 7.98. The minimum Gasteiger partial charge on any atom is -0.331 e. The maximum Gasteiger partial charge on any atom is 0.268 e. The molecule has 146 valence electrons. The molecule has 1 atom stereocenters. The Morgan fingerprint density at radius 1 is 1.33 bits per heavy atom. The topological polar surface area (TPSA) is 80.9 Å². The Bertz CT molecular complexity index is 945. The van der Waals surface area contributed by atoms with Crippen molar-refractivity contribution < 1.29 is 4.90 Å². The van der Waals surface area contributed by atoms with Crippen LogP contribution in [0.25, 0.3) is 10.2 Å². The molecule has 0 spiro atoms. The summed E-state index contributed by atoms with van der Waals surface area (Å²) < 4.78 is 2.92. The number of aromatic amines is 1. The van der Waals surface area contributed by atoms with E-state index in [1.807, 2.05) is 11.4 Å². The molecule has 0 saturated heterocycles. The Kier molecular flexibility index (Phi) is 6.67. The first-order chi connectivity index (χ1) is 13.0. The van der Waals surface area contributed by atoms with Gasteiger partial charge in [-0.05, 0) is 17.9 Å². The Morgan fingerprint density at radius 2 is 2.15 bits per heavy atom. The summed E-state index contributed by atoms with van der Waals surface area (Å²) >= 11 is 3.00. The van der Waals surface area contributed by atoms with E-state index in [-0.39, 0.29) is 5.56 Å². The number of nitrogens with zero attached hydrogens (tertiary/aromatic N) is 4. The van der Waals surface area contributed by atoms with E-state index in [1.165, 1.54) is 16.2 Å². The molecule has 7 nitrogen and oxygen atoms in total. The molecule has 0 aliphatic heterocycles. The van der Waals surface area contributed by atoms with Gasteiger partial charge in [0.05, 0.1) is 25.4 Å². The standard InChI is InChI=1S/C18H26N6OS2/c1-5-7-9-24-16(13(6-2)23(3)4)21-22-18(24)27-11-14-19-12-8-10-26-15(12)17(25)20-14/h8,10,13H,5-7,9,11H2,1-4H3,(H,19,20,25)/p+1/t13-/m1/s1. The van der Waals surface area contributed by atoms with Gasteiger partial charge in [-0.25, -0.2) is 4.98 Å². The number of fused-ring (bicyclic) bond motifs is 1. The molecule has 0 radical (unpaired) electrons. The highest BCUT2D eigenvalue weighted by Crippen LogP contribution is 2.24. The highest BCUT2D eigenvalue weighted by atomic mass is 32.2. The largest absolute Gasteiger partial charge is 0.331 e. The van der Waals surface area contributed by atoms with Gasteiger partial charge >= 0.3 is 0 Å². The molecular formula is C18H27N6OS2+. The summed E-state index contributed by atoms with van der Waals surface area (Å²) in [7, 11) is 4.31. The van der Waals surface area contributed by atoms with Gasteiger partial charge in [0, 0.05) is 13.0 Å². The van der Waals surface area contributed by atoms with Gasteiger partial charge in [0.2, 0.25) is 0 Å².